The van der Waals surface area contributed by atoms with E-state index in [2.05, 4.69) is 13.8 Å². The van der Waals surface area contributed by atoms with Gasteiger partial charge in [-0.25, -0.2) is 0 Å². The highest BCUT2D eigenvalue weighted by atomic mass is 16.5. The molecule has 1 amide bonds. The van der Waals surface area contributed by atoms with Crippen molar-refractivity contribution in [3.8, 4) is 0 Å². The fourth-order valence-electron chi connectivity index (χ4n) is 5.51. The van der Waals surface area contributed by atoms with Crippen molar-refractivity contribution in [2.24, 2.45) is 17.1 Å². The topological polar surface area (TPSA) is 75.8 Å². The predicted octanol–water partition coefficient (Wildman–Crippen LogP) is 0.643. The van der Waals surface area contributed by atoms with Crippen molar-refractivity contribution < 1.29 is 14.6 Å². The smallest absolute Gasteiger partial charge is 0.244 e. The van der Waals surface area contributed by atoms with E-state index in [-0.39, 0.29) is 41.5 Å². The molecule has 1 aliphatic carbocycles. The van der Waals surface area contributed by atoms with Crippen LogP contribution in [0.1, 0.15) is 46.0 Å². The lowest BCUT2D eigenvalue weighted by Crippen LogP contribution is -2.81. The molecule has 0 aromatic carbocycles. The van der Waals surface area contributed by atoms with Crippen LogP contribution in [0.5, 0.6) is 0 Å². The Morgan fingerprint density at radius 2 is 1.86 bits per heavy atom. The van der Waals surface area contributed by atoms with Crippen LogP contribution in [0.25, 0.3) is 0 Å². The Hall–Kier alpha value is -0.650. The second-order valence-electron chi connectivity index (χ2n) is 8.00. The summed E-state index contributed by atoms with van der Waals surface area (Å²) < 4.78 is 5.80. The number of piperidine rings is 1. The zero-order chi connectivity index (χ0) is 15.0. The number of rotatable bonds is 1. The van der Waals surface area contributed by atoms with Crippen LogP contribution >= 0.6 is 0 Å². The molecule has 5 heteroatoms. The minimum atomic E-state index is -0.794. The number of carbonyl (C=O) groups excluding carboxylic acids is 1. The van der Waals surface area contributed by atoms with E-state index in [1.807, 2.05) is 4.90 Å². The molecule has 3 aliphatic heterocycles. The SMILES string of the molecule is CC1(C)C2OCCC2C1(N)C(=O)N1C2CCC1CC(O)C2. The maximum atomic E-state index is 13.3. The predicted molar refractivity (Wildman–Crippen MR) is 77.4 cm³/mol. The standard InChI is InChI=1S/C16H26N2O3/c1-15(2)13-12(5-6-21-13)16(15,17)14(20)18-9-3-4-10(18)8-11(19)7-9/h9-13,19H,3-8,17H2,1-2H3. The summed E-state index contributed by atoms with van der Waals surface area (Å²) in [6.45, 7) is 4.85. The summed E-state index contributed by atoms with van der Waals surface area (Å²) >= 11 is 0. The van der Waals surface area contributed by atoms with Crippen LogP contribution in [-0.4, -0.2) is 52.4 Å². The van der Waals surface area contributed by atoms with Crippen molar-refractivity contribution in [1.29, 1.82) is 0 Å². The zero-order valence-corrected chi connectivity index (χ0v) is 12.9. The third kappa shape index (κ3) is 1.55. The number of nitrogens with two attached hydrogens (primary N) is 1. The molecule has 4 aliphatic rings. The quantitative estimate of drug-likeness (QED) is 0.744. The molecule has 1 saturated carbocycles. The molecule has 3 N–H and O–H groups in total. The Labute approximate surface area is 125 Å². The minimum Gasteiger partial charge on any atom is -0.393 e. The number of ether oxygens (including phenoxy) is 1. The molecule has 0 radical (unpaired) electrons. The molecule has 0 aromatic rings. The number of carbonyl (C=O) groups is 1. The third-order valence-corrected chi connectivity index (χ3v) is 6.75. The van der Waals surface area contributed by atoms with Crippen molar-refractivity contribution in [2.45, 2.75) is 75.8 Å². The van der Waals surface area contributed by atoms with Gasteiger partial charge in [-0.2, -0.15) is 0 Å². The van der Waals surface area contributed by atoms with Crippen molar-refractivity contribution >= 4 is 5.91 Å². The molecule has 4 rings (SSSR count). The van der Waals surface area contributed by atoms with E-state index in [0.717, 1.165) is 25.9 Å². The molecule has 21 heavy (non-hydrogen) atoms. The summed E-state index contributed by atoms with van der Waals surface area (Å²) in [6, 6.07) is 0.368. The monoisotopic (exact) mass is 294 g/mol. The number of aliphatic hydroxyl groups is 1. The minimum absolute atomic E-state index is 0.110. The normalized spacial score (nSPS) is 50.7. The lowest BCUT2D eigenvalue weighted by molar-refractivity contribution is -0.188. The average molecular weight is 294 g/mol. The number of fused-ring (bicyclic) bond motifs is 3. The summed E-state index contributed by atoms with van der Waals surface area (Å²) in [5.41, 5.74) is 5.59. The van der Waals surface area contributed by atoms with Gasteiger partial charge in [-0.15, -0.1) is 0 Å². The number of nitrogens with zero attached hydrogens (tertiary/aromatic N) is 1. The first-order chi connectivity index (χ1) is 9.87. The van der Waals surface area contributed by atoms with Crippen molar-refractivity contribution in [3.63, 3.8) is 0 Å². The van der Waals surface area contributed by atoms with Gasteiger partial charge in [0.15, 0.2) is 0 Å². The Balaban J connectivity index is 1.63. The van der Waals surface area contributed by atoms with Crippen molar-refractivity contribution in [1.82, 2.24) is 4.90 Å². The van der Waals surface area contributed by atoms with Gasteiger partial charge < -0.3 is 20.5 Å². The second-order valence-corrected chi connectivity index (χ2v) is 8.00. The van der Waals surface area contributed by atoms with Gasteiger partial charge in [0.25, 0.3) is 0 Å². The molecule has 5 atom stereocenters. The van der Waals surface area contributed by atoms with Gasteiger partial charge in [0.05, 0.1) is 12.2 Å². The molecular formula is C16H26N2O3. The van der Waals surface area contributed by atoms with E-state index in [1.165, 1.54) is 0 Å². The Bertz CT molecular complexity index is 466. The summed E-state index contributed by atoms with van der Waals surface area (Å²) in [4.78, 5) is 15.3. The maximum Gasteiger partial charge on any atom is 0.244 e. The average Bonchev–Trinajstić information content (AvgIpc) is 3.00. The second kappa shape index (κ2) is 4.21. The van der Waals surface area contributed by atoms with Gasteiger partial charge in [0.1, 0.15) is 5.54 Å². The number of hydrogen-bond donors (Lipinski definition) is 2. The Morgan fingerprint density at radius 3 is 2.48 bits per heavy atom. The lowest BCUT2D eigenvalue weighted by Gasteiger charge is -2.62. The van der Waals surface area contributed by atoms with Crippen LogP contribution in [0.3, 0.4) is 0 Å². The van der Waals surface area contributed by atoms with Gasteiger partial charge in [-0.1, -0.05) is 13.8 Å². The fourth-order valence-corrected chi connectivity index (χ4v) is 5.51. The molecule has 4 fully saturated rings. The first-order valence-electron chi connectivity index (χ1n) is 8.28. The molecule has 5 nitrogen and oxygen atoms in total. The highest BCUT2D eigenvalue weighted by molar-refractivity contribution is 5.90. The van der Waals surface area contributed by atoms with Gasteiger partial charge in [0.2, 0.25) is 5.91 Å². The zero-order valence-electron chi connectivity index (χ0n) is 12.9. The van der Waals surface area contributed by atoms with E-state index in [4.69, 9.17) is 10.5 Å². The Morgan fingerprint density at radius 1 is 1.24 bits per heavy atom. The molecule has 0 spiro atoms. The summed E-state index contributed by atoms with van der Waals surface area (Å²) in [7, 11) is 0. The largest absolute Gasteiger partial charge is 0.393 e. The summed E-state index contributed by atoms with van der Waals surface area (Å²) in [5.74, 6) is 0.268. The van der Waals surface area contributed by atoms with E-state index >= 15 is 0 Å². The first kappa shape index (κ1) is 14.0. The molecule has 2 bridgehead atoms. The van der Waals surface area contributed by atoms with Crippen LogP contribution in [0.15, 0.2) is 0 Å². The lowest BCUT2D eigenvalue weighted by atomic mass is 9.47. The number of amides is 1. The fraction of sp³-hybridized carbons (Fsp3) is 0.938. The maximum absolute atomic E-state index is 13.3. The Kier molecular flexibility index (Phi) is 2.80. The van der Waals surface area contributed by atoms with Gasteiger partial charge in [-0.3, -0.25) is 4.79 Å². The highest BCUT2D eigenvalue weighted by Crippen LogP contribution is 2.59. The van der Waals surface area contributed by atoms with Crippen LogP contribution in [-0.2, 0) is 9.53 Å². The van der Waals surface area contributed by atoms with E-state index < -0.39 is 5.54 Å². The third-order valence-electron chi connectivity index (χ3n) is 6.75. The van der Waals surface area contributed by atoms with Gasteiger partial charge in [-0.05, 0) is 32.1 Å². The summed E-state index contributed by atoms with van der Waals surface area (Å²) in [6.07, 6.45) is 4.20. The molecule has 0 aromatic heterocycles. The van der Waals surface area contributed by atoms with E-state index in [1.54, 1.807) is 0 Å². The van der Waals surface area contributed by atoms with Crippen LogP contribution in [0, 0.1) is 11.3 Å². The highest BCUT2D eigenvalue weighted by Gasteiger charge is 2.72. The van der Waals surface area contributed by atoms with Gasteiger partial charge in [0, 0.05) is 30.0 Å². The first-order valence-corrected chi connectivity index (χ1v) is 8.28. The van der Waals surface area contributed by atoms with Crippen molar-refractivity contribution in [3.05, 3.63) is 0 Å². The number of hydrogen-bond acceptors (Lipinski definition) is 4. The number of aliphatic hydroxyl groups excluding tert-OH is 1. The molecular weight excluding hydrogens is 268 g/mol. The van der Waals surface area contributed by atoms with Crippen LogP contribution in [0.4, 0.5) is 0 Å². The molecule has 3 heterocycles. The molecule has 3 saturated heterocycles. The van der Waals surface area contributed by atoms with E-state index in [9.17, 15) is 9.90 Å². The van der Waals surface area contributed by atoms with Crippen molar-refractivity contribution in [2.75, 3.05) is 6.61 Å². The summed E-state index contributed by atoms with van der Waals surface area (Å²) in [5, 5.41) is 9.93. The van der Waals surface area contributed by atoms with E-state index in [0.29, 0.717) is 12.8 Å². The van der Waals surface area contributed by atoms with Gasteiger partial charge >= 0.3 is 0 Å². The van der Waals surface area contributed by atoms with Crippen LogP contribution in [0.2, 0.25) is 0 Å². The van der Waals surface area contributed by atoms with Crippen LogP contribution < -0.4 is 5.73 Å². The molecule has 5 unspecified atom stereocenters. The molecule has 118 valence electrons.